The van der Waals surface area contributed by atoms with Gasteiger partial charge in [0.15, 0.2) is 5.78 Å². The number of rotatable bonds is 0. The molecule has 1 aliphatic heterocycles. The lowest BCUT2D eigenvalue weighted by molar-refractivity contribution is -0.147. The number of nitriles is 1. The fourth-order valence-corrected chi connectivity index (χ4v) is 4.18. The van der Waals surface area contributed by atoms with Gasteiger partial charge in [-0.1, -0.05) is 47.6 Å². The number of likely N-dealkylation sites (tertiary alicyclic amines) is 1. The Labute approximate surface area is 133 Å². The van der Waals surface area contributed by atoms with Crippen LogP contribution in [-0.4, -0.2) is 29.7 Å². The summed E-state index contributed by atoms with van der Waals surface area (Å²) in [6.07, 6.45) is 2.61. The zero-order valence-electron chi connectivity index (χ0n) is 14.5. The Morgan fingerprint density at radius 1 is 1.36 bits per heavy atom. The molecular formula is C18H26N2O2. The first-order valence-corrected chi connectivity index (χ1v) is 7.90. The Hall–Kier alpha value is -1.63. The average molecular weight is 302 g/mol. The SMILES string of the molecule is CC(C)(C)C(=O)N1CC[C@@H]2C(C)(C)C(=O)C(C#N)=C[C@@]2(C)C1. The Balaban J connectivity index is 2.41. The van der Waals surface area contributed by atoms with Gasteiger partial charge in [-0.2, -0.15) is 5.26 Å². The molecule has 0 aromatic carbocycles. The molecule has 4 nitrogen and oxygen atoms in total. The molecule has 0 radical (unpaired) electrons. The van der Waals surface area contributed by atoms with Crippen molar-refractivity contribution in [1.82, 2.24) is 4.90 Å². The summed E-state index contributed by atoms with van der Waals surface area (Å²) >= 11 is 0. The van der Waals surface area contributed by atoms with Gasteiger partial charge in [0, 0.05) is 29.3 Å². The fraction of sp³-hybridized carbons (Fsp3) is 0.722. The predicted octanol–water partition coefficient (Wildman–Crippen LogP) is 2.95. The summed E-state index contributed by atoms with van der Waals surface area (Å²) in [6, 6.07) is 2.05. The maximum absolute atomic E-state index is 12.6. The third kappa shape index (κ3) is 2.47. The smallest absolute Gasteiger partial charge is 0.227 e. The minimum Gasteiger partial charge on any atom is -0.341 e. The first kappa shape index (κ1) is 16.7. The van der Waals surface area contributed by atoms with Crippen LogP contribution in [0.3, 0.4) is 0 Å². The van der Waals surface area contributed by atoms with Crippen LogP contribution < -0.4 is 0 Å². The Morgan fingerprint density at radius 3 is 2.45 bits per heavy atom. The molecule has 0 unspecified atom stereocenters. The van der Waals surface area contributed by atoms with Crippen molar-refractivity contribution in [3.05, 3.63) is 11.6 Å². The highest BCUT2D eigenvalue weighted by Crippen LogP contribution is 2.52. The molecule has 0 saturated carbocycles. The monoisotopic (exact) mass is 302 g/mol. The molecule has 0 bridgehead atoms. The van der Waals surface area contributed by atoms with Gasteiger partial charge in [-0.25, -0.2) is 0 Å². The highest BCUT2D eigenvalue weighted by molar-refractivity contribution is 6.04. The van der Waals surface area contributed by atoms with Crippen LogP contribution in [0.4, 0.5) is 0 Å². The van der Waals surface area contributed by atoms with Crippen LogP contribution in [0, 0.1) is 33.5 Å². The lowest BCUT2D eigenvalue weighted by atomic mass is 9.55. The van der Waals surface area contributed by atoms with E-state index in [4.69, 9.17) is 0 Å². The van der Waals surface area contributed by atoms with Crippen molar-refractivity contribution in [3.8, 4) is 6.07 Å². The second-order valence-corrected chi connectivity index (χ2v) is 8.54. The summed E-state index contributed by atoms with van der Waals surface area (Å²) in [7, 11) is 0. The van der Waals surface area contributed by atoms with E-state index in [2.05, 4.69) is 6.92 Å². The van der Waals surface area contributed by atoms with Gasteiger partial charge in [-0.05, 0) is 12.3 Å². The van der Waals surface area contributed by atoms with E-state index in [1.54, 1.807) is 0 Å². The van der Waals surface area contributed by atoms with Crippen LogP contribution in [0.2, 0.25) is 0 Å². The number of Topliss-reactive ketones (excluding diaryl/α,β-unsaturated/α-hetero) is 1. The maximum atomic E-state index is 12.6. The summed E-state index contributed by atoms with van der Waals surface area (Å²) < 4.78 is 0. The number of carbonyl (C=O) groups excluding carboxylic acids is 2. The van der Waals surface area contributed by atoms with Crippen LogP contribution in [0.15, 0.2) is 11.6 Å². The van der Waals surface area contributed by atoms with Gasteiger partial charge in [0.25, 0.3) is 0 Å². The number of piperidine rings is 1. The number of hydrogen-bond acceptors (Lipinski definition) is 3. The molecule has 0 aromatic heterocycles. The lowest BCUT2D eigenvalue weighted by Gasteiger charge is -2.53. The first-order chi connectivity index (χ1) is 9.93. The summed E-state index contributed by atoms with van der Waals surface area (Å²) in [5.74, 6) is 0.232. The molecule has 0 N–H and O–H groups in total. The van der Waals surface area contributed by atoms with Gasteiger partial charge >= 0.3 is 0 Å². The molecule has 1 aliphatic carbocycles. The van der Waals surface area contributed by atoms with E-state index in [-0.39, 0.29) is 28.6 Å². The third-order valence-corrected chi connectivity index (χ3v) is 5.24. The van der Waals surface area contributed by atoms with Gasteiger partial charge in [0.05, 0.1) is 5.57 Å². The van der Waals surface area contributed by atoms with Crippen molar-refractivity contribution in [2.75, 3.05) is 13.1 Å². The molecular weight excluding hydrogens is 276 g/mol. The molecule has 0 aromatic rings. The summed E-state index contributed by atoms with van der Waals surface area (Å²) in [6.45, 7) is 13.0. The van der Waals surface area contributed by atoms with Gasteiger partial charge in [-0.3, -0.25) is 9.59 Å². The van der Waals surface area contributed by atoms with Gasteiger partial charge < -0.3 is 4.90 Å². The normalized spacial score (nSPS) is 31.1. The number of nitrogens with zero attached hydrogens (tertiary/aromatic N) is 2. The number of allylic oxidation sites excluding steroid dienone is 1. The maximum Gasteiger partial charge on any atom is 0.227 e. The fourth-order valence-electron chi connectivity index (χ4n) is 4.18. The van der Waals surface area contributed by atoms with Crippen LogP contribution in [0.25, 0.3) is 0 Å². The van der Waals surface area contributed by atoms with E-state index < -0.39 is 10.8 Å². The number of amides is 1. The van der Waals surface area contributed by atoms with Gasteiger partial charge in [0.2, 0.25) is 5.91 Å². The van der Waals surface area contributed by atoms with E-state index in [9.17, 15) is 14.9 Å². The number of ketones is 1. The number of fused-ring (bicyclic) bond motifs is 1. The van der Waals surface area contributed by atoms with Crippen molar-refractivity contribution >= 4 is 11.7 Å². The molecule has 2 aliphatic rings. The van der Waals surface area contributed by atoms with E-state index in [1.807, 2.05) is 51.7 Å². The van der Waals surface area contributed by atoms with Crippen LogP contribution in [0.5, 0.6) is 0 Å². The first-order valence-electron chi connectivity index (χ1n) is 7.90. The molecule has 4 heteroatoms. The number of carbonyl (C=O) groups is 2. The molecule has 1 heterocycles. The van der Waals surface area contributed by atoms with E-state index in [0.717, 1.165) is 6.42 Å². The van der Waals surface area contributed by atoms with Crippen LogP contribution in [-0.2, 0) is 9.59 Å². The minimum atomic E-state index is -0.550. The molecule has 22 heavy (non-hydrogen) atoms. The van der Waals surface area contributed by atoms with Crippen LogP contribution >= 0.6 is 0 Å². The minimum absolute atomic E-state index is 0.0620. The molecule has 1 fully saturated rings. The van der Waals surface area contributed by atoms with Crippen molar-refractivity contribution in [3.63, 3.8) is 0 Å². The molecule has 0 spiro atoms. The lowest BCUT2D eigenvalue weighted by Crippen LogP contribution is -2.58. The van der Waals surface area contributed by atoms with Crippen molar-refractivity contribution in [2.24, 2.45) is 22.2 Å². The Kier molecular flexibility index (Phi) is 3.76. The molecule has 1 saturated heterocycles. The second-order valence-electron chi connectivity index (χ2n) is 8.54. The highest BCUT2D eigenvalue weighted by Gasteiger charge is 2.54. The largest absolute Gasteiger partial charge is 0.341 e. The topological polar surface area (TPSA) is 61.2 Å². The third-order valence-electron chi connectivity index (χ3n) is 5.24. The number of hydrogen-bond donors (Lipinski definition) is 0. The Bertz CT molecular complexity index is 589. The average Bonchev–Trinajstić information content (AvgIpc) is 2.40. The molecule has 2 rings (SSSR count). The Morgan fingerprint density at radius 2 is 1.95 bits per heavy atom. The zero-order valence-corrected chi connectivity index (χ0v) is 14.5. The van der Waals surface area contributed by atoms with Crippen molar-refractivity contribution in [1.29, 1.82) is 5.26 Å². The van der Waals surface area contributed by atoms with Crippen molar-refractivity contribution in [2.45, 2.75) is 48.0 Å². The standard InChI is InChI=1S/C18H26N2O2/c1-16(2,3)15(22)20-8-7-13-17(4,5)14(21)12(10-19)9-18(13,6)11-20/h9,13H,7-8,11H2,1-6H3/t13-,18+/m1/s1. The summed E-state index contributed by atoms with van der Waals surface area (Å²) in [4.78, 5) is 27.0. The predicted molar refractivity (Wildman–Crippen MR) is 84.7 cm³/mol. The summed E-state index contributed by atoms with van der Waals surface area (Å²) in [5, 5.41) is 9.28. The van der Waals surface area contributed by atoms with Crippen LogP contribution in [0.1, 0.15) is 48.0 Å². The quantitative estimate of drug-likeness (QED) is 0.691. The summed E-state index contributed by atoms with van der Waals surface area (Å²) in [5.41, 5.74) is -1.04. The second kappa shape index (κ2) is 4.94. The van der Waals surface area contributed by atoms with E-state index in [0.29, 0.717) is 13.1 Å². The van der Waals surface area contributed by atoms with E-state index in [1.165, 1.54) is 0 Å². The highest BCUT2D eigenvalue weighted by atomic mass is 16.2. The zero-order chi connectivity index (χ0) is 16.9. The van der Waals surface area contributed by atoms with E-state index >= 15 is 0 Å². The van der Waals surface area contributed by atoms with Gasteiger partial charge in [-0.15, -0.1) is 0 Å². The van der Waals surface area contributed by atoms with Gasteiger partial charge in [0.1, 0.15) is 6.07 Å². The molecule has 1 amide bonds. The molecule has 2 atom stereocenters. The molecule has 120 valence electrons. The van der Waals surface area contributed by atoms with Crippen molar-refractivity contribution < 1.29 is 9.59 Å².